The summed E-state index contributed by atoms with van der Waals surface area (Å²) in [5.41, 5.74) is 2.04. The predicted octanol–water partition coefficient (Wildman–Crippen LogP) is 3.19. The van der Waals surface area contributed by atoms with Crippen LogP contribution >= 0.6 is 22.6 Å². The van der Waals surface area contributed by atoms with E-state index in [1.807, 2.05) is 20.8 Å². The van der Waals surface area contributed by atoms with E-state index in [2.05, 4.69) is 53.0 Å². The third-order valence-electron chi connectivity index (χ3n) is 2.44. The molecule has 1 unspecified atom stereocenters. The van der Waals surface area contributed by atoms with E-state index in [0.29, 0.717) is 13.2 Å². The van der Waals surface area contributed by atoms with Gasteiger partial charge < -0.3 is 15.2 Å². The van der Waals surface area contributed by atoms with Crippen molar-refractivity contribution in [3.05, 3.63) is 27.3 Å². The highest BCUT2D eigenvalue weighted by Crippen LogP contribution is 2.18. The molecule has 0 spiro atoms. The summed E-state index contributed by atoms with van der Waals surface area (Å²) in [6.07, 6.45) is -0.499. The molecule has 18 heavy (non-hydrogen) atoms. The highest BCUT2D eigenvalue weighted by atomic mass is 127. The van der Waals surface area contributed by atoms with Crippen LogP contribution in [0, 0.1) is 10.5 Å². The van der Waals surface area contributed by atoms with Crippen LogP contribution in [0.4, 0.5) is 5.69 Å². The number of halogens is 1. The third-order valence-corrected chi connectivity index (χ3v) is 3.11. The van der Waals surface area contributed by atoms with Crippen LogP contribution in [0.2, 0.25) is 0 Å². The summed E-state index contributed by atoms with van der Waals surface area (Å²) in [6, 6.07) is 6.22. The van der Waals surface area contributed by atoms with Crippen molar-refractivity contribution in [2.24, 2.45) is 0 Å². The number of rotatable bonds is 5. The second kappa shape index (κ2) is 6.73. The summed E-state index contributed by atoms with van der Waals surface area (Å²) in [7, 11) is 0. The number of aliphatic hydroxyl groups is 1. The molecule has 0 saturated heterocycles. The zero-order chi connectivity index (χ0) is 13.8. The molecular weight excluding hydrogens is 341 g/mol. The monoisotopic (exact) mass is 363 g/mol. The van der Waals surface area contributed by atoms with E-state index >= 15 is 0 Å². The maximum atomic E-state index is 9.84. The minimum atomic E-state index is -0.499. The number of hydrogen-bond acceptors (Lipinski definition) is 3. The lowest BCUT2D eigenvalue weighted by Gasteiger charge is -2.22. The van der Waals surface area contributed by atoms with Gasteiger partial charge in [0.15, 0.2) is 0 Å². The molecule has 1 rings (SSSR count). The van der Waals surface area contributed by atoms with Gasteiger partial charge in [-0.05, 0) is 68.0 Å². The van der Waals surface area contributed by atoms with Crippen LogP contribution in [-0.4, -0.2) is 30.0 Å². The van der Waals surface area contributed by atoms with Crippen molar-refractivity contribution in [3.63, 3.8) is 0 Å². The normalized spacial score (nSPS) is 13.4. The fourth-order valence-corrected chi connectivity index (χ4v) is 1.91. The SMILES string of the molecule is Cc1ccc(I)cc1NCC(O)COC(C)(C)C. The largest absolute Gasteiger partial charge is 0.389 e. The summed E-state index contributed by atoms with van der Waals surface area (Å²) in [5, 5.41) is 13.1. The van der Waals surface area contributed by atoms with Gasteiger partial charge in [0.05, 0.1) is 18.3 Å². The van der Waals surface area contributed by atoms with E-state index in [1.54, 1.807) is 0 Å². The Balaban J connectivity index is 2.42. The molecule has 102 valence electrons. The van der Waals surface area contributed by atoms with Crippen molar-refractivity contribution in [2.45, 2.75) is 39.4 Å². The maximum Gasteiger partial charge on any atom is 0.0945 e. The standard InChI is InChI=1S/C14H22INO2/c1-10-5-6-11(15)7-13(10)16-8-12(17)9-18-14(2,3)4/h5-7,12,16-17H,8-9H2,1-4H3. The molecule has 0 aliphatic rings. The Morgan fingerprint density at radius 2 is 2.06 bits per heavy atom. The van der Waals surface area contributed by atoms with Gasteiger partial charge in [-0.1, -0.05) is 6.07 Å². The van der Waals surface area contributed by atoms with Gasteiger partial charge >= 0.3 is 0 Å². The zero-order valence-electron chi connectivity index (χ0n) is 11.5. The minimum absolute atomic E-state index is 0.209. The minimum Gasteiger partial charge on any atom is -0.389 e. The fraction of sp³-hybridized carbons (Fsp3) is 0.571. The first-order chi connectivity index (χ1) is 8.28. The molecule has 1 aromatic rings. The third kappa shape index (κ3) is 6.02. The quantitative estimate of drug-likeness (QED) is 0.790. The second-order valence-corrected chi connectivity index (χ2v) is 6.66. The number of ether oxygens (including phenoxy) is 1. The van der Waals surface area contributed by atoms with E-state index in [9.17, 15) is 5.11 Å². The van der Waals surface area contributed by atoms with Crippen LogP contribution in [0.5, 0.6) is 0 Å². The molecule has 0 bridgehead atoms. The van der Waals surface area contributed by atoms with Crippen molar-refractivity contribution < 1.29 is 9.84 Å². The molecule has 0 fully saturated rings. The Hall–Kier alpha value is -0.330. The van der Waals surface area contributed by atoms with Gasteiger partial charge in [0.25, 0.3) is 0 Å². The van der Waals surface area contributed by atoms with E-state index in [1.165, 1.54) is 9.13 Å². The molecule has 1 atom stereocenters. The number of aliphatic hydroxyl groups excluding tert-OH is 1. The Morgan fingerprint density at radius 1 is 1.39 bits per heavy atom. The Kier molecular flexibility index (Phi) is 5.88. The number of aryl methyl sites for hydroxylation is 1. The average Bonchev–Trinajstić information content (AvgIpc) is 2.26. The molecule has 0 amide bonds. The first-order valence-corrected chi connectivity index (χ1v) is 7.18. The van der Waals surface area contributed by atoms with Crippen molar-refractivity contribution >= 4 is 28.3 Å². The number of hydrogen-bond donors (Lipinski definition) is 2. The van der Waals surface area contributed by atoms with E-state index in [-0.39, 0.29) is 5.60 Å². The van der Waals surface area contributed by atoms with Crippen molar-refractivity contribution in [3.8, 4) is 0 Å². The van der Waals surface area contributed by atoms with Crippen LogP contribution in [0.1, 0.15) is 26.3 Å². The van der Waals surface area contributed by atoms with Gasteiger partial charge in [0.2, 0.25) is 0 Å². The van der Waals surface area contributed by atoms with E-state index < -0.39 is 6.10 Å². The average molecular weight is 363 g/mol. The Morgan fingerprint density at radius 3 is 2.67 bits per heavy atom. The zero-order valence-corrected chi connectivity index (χ0v) is 13.6. The summed E-state index contributed by atoms with van der Waals surface area (Å²) < 4.78 is 6.72. The molecule has 1 aromatic carbocycles. The first-order valence-electron chi connectivity index (χ1n) is 6.10. The van der Waals surface area contributed by atoms with Crippen LogP contribution < -0.4 is 5.32 Å². The number of benzene rings is 1. The van der Waals surface area contributed by atoms with Crippen LogP contribution in [0.3, 0.4) is 0 Å². The van der Waals surface area contributed by atoms with Crippen LogP contribution in [-0.2, 0) is 4.74 Å². The Bertz CT molecular complexity index is 388. The molecule has 0 saturated carbocycles. The summed E-state index contributed by atoms with van der Waals surface area (Å²) in [5.74, 6) is 0. The van der Waals surface area contributed by atoms with E-state index in [4.69, 9.17) is 4.74 Å². The Labute approximate surface area is 123 Å². The molecule has 0 radical (unpaired) electrons. The smallest absolute Gasteiger partial charge is 0.0945 e. The van der Waals surface area contributed by atoms with Gasteiger partial charge in [0, 0.05) is 15.8 Å². The van der Waals surface area contributed by atoms with Crippen LogP contribution in [0.25, 0.3) is 0 Å². The van der Waals surface area contributed by atoms with Gasteiger partial charge in [0.1, 0.15) is 0 Å². The van der Waals surface area contributed by atoms with Gasteiger partial charge in [-0.2, -0.15) is 0 Å². The lowest BCUT2D eigenvalue weighted by atomic mass is 10.2. The van der Waals surface area contributed by atoms with Crippen molar-refractivity contribution in [2.75, 3.05) is 18.5 Å². The molecule has 0 aromatic heterocycles. The van der Waals surface area contributed by atoms with Crippen molar-refractivity contribution in [1.82, 2.24) is 0 Å². The van der Waals surface area contributed by atoms with Crippen LogP contribution in [0.15, 0.2) is 18.2 Å². The first kappa shape index (κ1) is 15.7. The van der Waals surface area contributed by atoms with Gasteiger partial charge in [-0.25, -0.2) is 0 Å². The van der Waals surface area contributed by atoms with Crippen molar-refractivity contribution in [1.29, 1.82) is 0 Å². The maximum absolute atomic E-state index is 9.84. The second-order valence-electron chi connectivity index (χ2n) is 5.42. The lowest BCUT2D eigenvalue weighted by Crippen LogP contribution is -2.30. The summed E-state index contributed by atoms with van der Waals surface area (Å²) in [6.45, 7) is 8.84. The molecular formula is C14H22INO2. The highest BCUT2D eigenvalue weighted by molar-refractivity contribution is 14.1. The number of nitrogens with one attached hydrogen (secondary N) is 1. The highest BCUT2D eigenvalue weighted by Gasteiger charge is 2.13. The summed E-state index contributed by atoms with van der Waals surface area (Å²) >= 11 is 2.28. The predicted molar refractivity (Wildman–Crippen MR) is 84.1 cm³/mol. The lowest BCUT2D eigenvalue weighted by molar-refractivity contribution is -0.0449. The molecule has 0 aliphatic carbocycles. The molecule has 2 N–H and O–H groups in total. The molecule has 0 heterocycles. The van der Waals surface area contributed by atoms with Gasteiger partial charge in [-0.3, -0.25) is 0 Å². The van der Waals surface area contributed by atoms with E-state index in [0.717, 1.165) is 5.69 Å². The fourth-order valence-electron chi connectivity index (χ4n) is 1.42. The topological polar surface area (TPSA) is 41.5 Å². The summed E-state index contributed by atoms with van der Waals surface area (Å²) in [4.78, 5) is 0. The molecule has 3 nitrogen and oxygen atoms in total. The molecule has 4 heteroatoms. The molecule has 0 aliphatic heterocycles. The van der Waals surface area contributed by atoms with Gasteiger partial charge in [-0.15, -0.1) is 0 Å². The number of anilines is 1.